The van der Waals surface area contributed by atoms with Crippen LogP contribution in [0.4, 0.5) is 4.79 Å². The monoisotopic (exact) mass is 357 g/mol. The van der Waals surface area contributed by atoms with Crippen molar-refractivity contribution in [2.75, 3.05) is 0 Å². The molecule has 1 aromatic carbocycles. The van der Waals surface area contributed by atoms with E-state index in [9.17, 15) is 9.59 Å². The van der Waals surface area contributed by atoms with Gasteiger partial charge in [0.1, 0.15) is 12.7 Å². The molecule has 1 saturated carbocycles. The molecule has 0 radical (unpaired) electrons. The van der Waals surface area contributed by atoms with Crippen LogP contribution in [0.5, 0.6) is 0 Å². The number of carbonyl (C=O) groups is 2. The van der Waals surface area contributed by atoms with Crippen LogP contribution in [-0.2, 0) is 17.9 Å². The lowest BCUT2D eigenvalue weighted by Gasteiger charge is -2.26. The van der Waals surface area contributed by atoms with E-state index in [0.29, 0.717) is 38.8 Å². The quantitative estimate of drug-likeness (QED) is 0.730. The smallest absolute Gasteiger partial charge is 0.315 e. The Bertz CT molecular complexity index is 739. The Morgan fingerprint density at radius 3 is 2.54 bits per heavy atom. The molecular weight excluding hydrogens is 334 g/mol. The van der Waals surface area contributed by atoms with E-state index in [0.717, 1.165) is 11.1 Å². The zero-order chi connectivity index (χ0) is 18.4. The first-order valence-corrected chi connectivity index (χ1v) is 8.78. The zero-order valence-corrected chi connectivity index (χ0v) is 14.5. The van der Waals surface area contributed by atoms with Crippen LogP contribution < -0.4 is 10.6 Å². The molecular formula is C18H23N5O3. The van der Waals surface area contributed by atoms with Crippen LogP contribution in [0.3, 0.4) is 0 Å². The van der Waals surface area contributed by atoms with Gasteiger partial charge >= 0.3 is 12.0 Å². The summed E-state index contributed by atoms with van der Waals surface area (Å²) in [6, 6.07) is 7.69. The molecule has 1 fully saturated rings. The predicted octanol–water partition coefficient (Wildman–Crippen LogP) is 1.77. The normalized spacial score (nSPS) is 19.7. The van der Waals surface area contributed by atoms with Crippen molar-refractivity contribution < 1.29 is 14.7 Å². The first-order valence-electron chi connectivity index (χ1n) is 8.78. The summed E-state index contributed by atoms with van der Waals surface area (Å²) in [4.78, 5) is 27.1. The highest BCUT2D eigenvalue weighted by Crippen LogP contribution is 2.24. The Morgan fingerprint density at radius 1 is 1.15 bits per heavy atom. The van der Waals surface area contributed by atoms with Crippen LogP contribution in [0.1, 0.15) is 36.8 Å². The number of carboxylic acid groups (broad SMARTS) is 1. The summed E-state index contributed by atoms with van der Waals surface area (Å²) in [5.41, 5.74) is 2.09. The van der Waals surface area contributed by atoms with Gasteiger partial charge < -0.3 is 15.7 Å². The van der Waals surface area contributed by atoms with E-state index in [2.05, 4.69) is 20.7 Å². The third-order valence-corrected chi connectivity index (χ3v) is 4.77. The summed E-state index contributed by atoms with van der Waals surface area (Å²) >= 11 is 0. The summed E-state index contributed by atoms with van der Waals surface area (Å²) in [6.07, 6.45) is 5.78. The molecule has 138 valence electrons. The van der Waals surface area contributed by atoms with Crippen molar-refractivity contribution in [3.63, 3.8) is 0 Å². The van der Waals surface area contributed by atoms with Crippen LogP contribution in [0.2, 0.25) is 0 Å². The fourth-order valence-electron chi connectivity index (χ4n) is 3.27. The molecule has 8 heteroatoms. The van der Waals surface area contributed by atoms with Gasteiger partial charge in [0, 0.05) is 12.6 Å². The first-order chi connectivity index (χ1) is 12.6. The maximum absolute atomic E-state index is 12.2. The van der Waals surface area contributed by atoms with E-state index in [1.165, 1.54) is 6.33 Å². The minimum absolute atomic E-state index is 0.0380. The van der Waals surface area contributed by atoms with Crippen LogP contribution in [-0.4, -0.2) is 37.9 Å². The van der Waals surface area contributed by atoms with Crippen molar-refractivity contribution in [2.45, 2.75) is 44.8 Å². The number of nitrogens with one attached hydrogen (secondary N) is 2. The first kappa shape index (κ1) is 17.9. The number of amides is 2. The van der Waals surface area contributed by atoms with Gasteiger partial charge in [0.2, 0.25) is 0 Å². The van der Waals surface area contributed by atoms with Crippen LogP contribution >= 0.6 is 0 Å². The molecule has 26 heavy (non-hydrogen) atoms. The summed E-state index contributed by atoms with van der Waals surface area (Å²) < 4.78 is 1.74. The zero-order valence-electron chi connectivity index (χ0n) is 14.5. The van der Waals surface area contributed by atoms with E-state index in [4.69, 9.17) is 5.11 Å². The Kier molecular flexibility index (Phi) is 5.83. The number of carbonyl (C=O) groups excluding carboxylic acids is 1. The summed E-state index contributed by atoms with van der Waals surface area (Å²) in [6.45, 7) is 1.01. The lowest BCUT2D eigenvalue weighted by molar-refractivity contribution is -0.142. The highest BCUT2D eigenvalue weighted by molar-refractivity contribution is 5.74. The second-order valence-electron chi connectivity index (χ2n) is 6.58. The third kappa shape index (κ3) is 4.81. The molecule has 0 unspecified atom stereocenters. The molecule has 8 nitrogen and oxygen atoms in total. The van der Waals surface area contributed by atoms with Crippen molar-refractivity contribution in [3.8, 4) is 0 Å². The molecule has 0 aliphatic heterocycles. The van der Waals surface area contributed by atoms with Gasteiger partial charge in [-0.25, -0.2) is 14.5 Å². The minimum atomic E-state index is -0.739. The van der Waals surface area contributed by atoms with E-state index in [-0.39, 0.29) is 18.0 Å². The molecule has 0 saturated heterocycles. The van der Waals surface area contributed by atoms with Gasteiger partial charge in [0.25, 0.3) is 0 Å². The number of urea groups is 1. The number of aliphatic carboxylic acids is 1. The Labute approximate surface area is 151 Å². The van der Waals surface area contributed by atoms with Crippen molar-refractivity contribution in [1.29, 1.82) is 0 Å². The number of nitrogens with zero attached hydrogens (tertiary/aromatic N) is 3. The highest BCUT2D eigenvalue weighted by atomic mass is 16.4. The average molecular weight is 357 g/mol. The predicted molar refractivity (Wildman–Crippen MR) is 94.3 cm³/mol. The second-order valence-corrected chi connectivity index (χ2v) is 6.58. The molecule has 1 aliphatic carbocycles. The Balaban J connectivity index is 1.48. The van der Waals surface area contributed by atoms with E-state index in [1.807, 2.05) is 24.3 Å². The molecule has 0 spiro atoms. The lowest BCUT2D eigenvalue weighted by Crippen LogP contribution is -2.44. The SMILES string of the molecule is O=C(NCc1ccccc1Cn1cncn1)NC1CCC(C(=O)O)CC1. The van der Waals surface area contributed by atoms with Gasteiger partial charge in [-0.15, -0.1) is 0 Å². The Hall–Kier alpha value is -2.90. The third-order valence-electron chi connectivity index (χ3n) is 4.77. The molecule has 0 bridgehead atoms. The average Bonchev–Trinajstić information content (AvgIpc) is 3.14. The number of hydrogen-bond acceptors (Lipinski definition) is 4. The Morgan fingerprint density at radius 2 is 1.88 bits per heavy atom. The van der Waals surface area contributed by atoms with Gasteiger partial charge in [-0.2, -0.15) is 5.10 Å². The van der Waals surface area contributed by atoms with Crippen LogP contribution in [0.15, 0.2) is 36.9 Å². The molecule has 3 N–H and O–H groups in total. The van der Waals surface area contributed by atoms with Crippen molar-refractivity contribution >= 4 is 12.0 Å². The molecule has 2 amide bonds. The molecule has 1 aromatic heterocycles. The summed E-state index contributed by atoms with van der Waals surface area (Å²) in [5.74, 6) is -1.02. The van der Waals surface area contributed by atoms with Crippen LogP contribution in [0, 0.1) is 5.92 Å². The molecule has 3 rings (SSSR count). The summed E-state index contributed by atoms with van der Waals surface area (Å²) in [5, 5.41) is 19.0. The fraction of sp³-hybridized carbons (Fsp3) is 0.444. The van der Waals surface area contributed by atoms with Gasteiger partial charge in [-0.05, 0) is 36.8 Å². The molecule has 1 aliphatic rings. The van der Waals surface area contributed by atoms with E-state index in [1.54, 1.807) is 11.0 Å². The minimum Gasteiger partial charge on any atom is -0.481 e. The van der Waals surface area contributed by atoms with Crippen molar-refractivity contribution in [1.82, 2.24) is 25.4 Å². The number of benzene rings is 1. The van der Waals surface area contributed by atoms with E-state index >= 15 is 0 Å². The molecule has 1 heterocycles. The largest absolute Gasteiger partial charge is 0.481 e. The van der Waals surface area contributed by atoms with Crippen molar-refractivity contribution in [2.24, 2.45) is 5.92 Å². The molecule has 0 atom stereocenters. The lowest BCUT2D eigenvalue weighted by atomic mass is 9.86. The van der Waals surface area contributed by atoms with Crippen LogP contribution in [0.25, 0.3) is 0 Å². The maximum atomic E-state index is 12.2. The van der Waals surface area contributed by atoms with E-state index < -0.39 is 5.97 Å². The fourth-order valence-corrected chi connectivity index (χ4v) is 3.27. The number of rotatable bonds is 6. The maximum Gasteiger partial charge on any atom is 0.315 e. The van der Waals surface area contributed by atoms with Gasteiger partial charge in [-0.3, -0.25) is 4.79 Å². The van der Waals surface area contributed by atoms with Gasteiger partial charge in [-0.1, -0.05) is 24.3 Å². The van der Waals surface area contributed by atoms with Gasteiger partial charge in [0.05, 0.1) is 12.5 Å². The molecule has 2 aromatic rings. The van der Waals surface area contributed by atoms with Gasteiger partial charge in [0.15, 0.2) is 0 Å². The van der Waals surface area contributed by atoms with Crippen molar-refractivity contribution in [3.05, 3.63) is 48.0 Å². The topological polar surface area (TPSA) is 109 Å². The standard InChI is InChI=1S/C18H23N5O3/c24-17(25)13-5-7-16(8-6-13)22-18(26)20-9-14-3-1-2-4-15(14)10-23-12-19-11-21-23/h1-4,11-13,16H,5-10H2,(H,24,25)(H2,20,22,26). The number of hydrogen-bond donors (Lipinski definition) is 3. The highest BCUT2D eigenvalue weighted by Gasteiger charge is 2.26. The summed E-state index contributed by atoms with van der Waals surface area (Å²) in [7, 11) is 0. The number of carboxylic acids is 1. The number of aromatic nitrogens is 3. The second kappa shape index (κ2) is 8.46.